The Labute approximate surface area is 166 Å². The molecule has 0 bridgehead atoms. The maximum absolute atomic E-state index is 14.3. The van der Waals surface area contributed by atoms with Gasteiger partial charge in [-0.2, -0.15) is 5.10 Å². The number of rotatable bonds is 4. The molecule has 1 aliphatic heterocycles. The van der Waals surface area contributed by atoms with Crippen LogP contribution in [0.3, 0.4) is 0 Å². The van der Waals surface area contributed by atoms with Crippen LogP contribution >= 0.6 is 0 Å². The predicted octanol–water partition coefficient (Wildman–Crippen LogP) is 1.93. The van der Waals surface area contributed by atoms with Crippen molar-refractivity contribution < 1.29 is 13.9 Å². The molecule has 0 amide bonds. The monoisotopic (exact) mass is 403 g/mol. The van der Waals surface area contributed by atoms with Gasteiger partial charge >= 0.3 is 0 Å². The number of piperazine rings is 1. The molecule has 0 saturated carbocycles. The Morgan fingerprint density at radius 1 is 1.14 bits per heavy atom. The summed E-state index contributed by atoms with van der Waals surface area (Å²) in [4.78, 5) is 20.2. The number of nitrogens with one attached hydrogen (secondary N) is 1. The lowest BCUT2D eigenvalue weighted by Crippen LogP contribution is -2.45. The zero-order chi connectivity index (χ0) is 20.7. The summed E-state index contributed by atoms with van der Waals surface area (Å²) in [5.41, 5.74) is -0.639. The molecule has 1 aliphatic rings. The normalized spacial score (nSPS) is 16.0. The molecule has 9 heteroatoms. The van der Waals surface area contributed by atoms with Crippen molar-refractivity contribution in [2.75, 3.05) is 39.8 Å². The van der Waals surface area contributed by atoms with Gasteiger partial charge in [0.1, 0.15) is 17.3 Å². The molecule has 7 nitrogen and oxygen atoms in total. The van der Waals surface area contributed by atoms with E-state index in [0.717, 1.165) is 44.9 Å². The molecule has 154 valence electrons. The Morgan fingerprint density at radius 2 is 1.79 bits per heavy atom. The highest BCUT2D eigenvalue weighted by molar-refractivity contribution is 5.84. The minimum atomic E-state index is -0.865. The number of likely N-dealkylation sites (N-methyl/N-ethyl adjacent to an activating group) is 1. The second-order valence-electron chi connectivity index (χ2n) is 7.45. The van der Waals surface area contributed by atoms with Crippen molar-refractivity contribution in [2.45, 2.75) is 13.5 Å². The third-order valence-corrected chi connectivity index (χ3v) is 5.49. The molecule has 1 fully saturated rings. The minimum absolute atomic E-state index is 0.223. The summed E-state index contributed by atoms with van der Waals surface area (Å²) >= 11 is 0. The van der Waals surface area contributed by atoms with Crippen molar-refractivity contribution in [1.29, 1.82) is 0 Å². The number of benzene rings is 1. The summed E-state index contributed by atoms with van der Waals surface area (Å²) in [6.45, 7) is 6.77. The Morgan fingerprint density at radius 3 is 2.45 bits per heavy atom. The van der Waals surface area contributed by atoms with Crippen molar-refractivity contribution in [3.8, 4) is 17.0 Å². The minimum Gasteiger partial charge on any atom is -0.503 e. The number of nitrogens with zero attached hydrogens (tertiary/aromatic N) is 4. The highest BCUT2D eigenvalue weighted by Crippen LogP contribution is 2.31. The zero-order valence-electron chi connectivity index (χ0n) is 16.4. The largest absolute Gasteiger partial charge is 0.503 e. The summed E-state index contributed by atoms with van der Waals surface area (Å²) in [6, 6.07) is 3.39. The number of fused-ring (bicyclic) bond motifs is 1. The average Bonchev–Trinajstić information content (AvgIpc) is 3.00. The molecule has 1 saturated heterocycles. The van der Waals surface area contributed by atoms with Gasteiger partial charge in [-0.25, -0.2) is 13.5 Å². The van der Waals surface area contributed by atoms with E-state index in [1.807, 2.05) is 0 Å². The summed E-state index contributed by atoms with van der Waals surface area (Å²) in [7, 11) is 2.09. The standard InChI is InChI=1S/C20H23F2N5O2/c1-12-15-18(28)19(29)17(16-13(21)4-3-5-14(16)22)23-20(15)27(24-12)11-10-26-8-6-25(2)7-9-26/h3-5,29H,6-11H2,1-2H3,(H,23,28). The van der Waals surface area contributed by atoms with Crippen LogP contribution in [0.2, 0.25) is 0 Å². The molecule has 0 radical (unpaired) electrons. The molecule has 2 N–H and O–H groups in total. The number of aromatic nitrogens is 3. The van der Waals surface area contributed by atoms with Crippen LogP contribution in [0, 0.1) is 18.6 Å². The maximum atomic E-state index is 14.3. The lowest BCUT2D eigenvalue weighted by atomic mass is 10.1. The Balaban J connectivity index is 1.76. The van der Waals surface area contributed by atoms with E-state index < -0.39 is 28.4 Å². The van der Waals surface area contributed by atoms with Gasteiger partial charge in [-0.1, -0.05) is 6.07 Å². The summed E-state index contributed by atoms with van der Waals surface area (Å²) in [5, 5.41) is 15.0. The van der Waals surface area contributed by atoms with Crippen LogP contribution in [-0.2, 0) is 6.54 Å². The molecule has 0 unspecified atom stereocenters. The molecule has 0 atom stereocenters. The van der Waals surface area contributed by atoms with Crippen LogP contribution in [0.25, 0.3) is 22.3 Å². The molecular formula is C20H23F2N5O2. The van der Waals surface area contributed by atoms with Crippen LogP contribution < -0.4 is 5.43 Å². The highest BCUT2D eigenvalue weighted by atomic mass is 19.1. The van der Waals surface area contributed by atoms with Crippen LogP contribution in [0.5, 0.6) is 5.75 Å². The number of hydrogen-bond donors (Lipinski definition) is 2. The lowest BCUT2D eigenvalue weighted by molar-refractivity contribution is 0.149. The summed E-state index contributed by atoms with van der Waals surface area (Å²) in [6.07, 6.45) is 0. The van der Waals surface area contributed by atoms with Crippen molar-refractivity contribution in [1.82, 2.24) is 24.6 Å². The molecular weight excluding hydrogens is 380 g/mol. The van der Waals surface area contributed by atoms with E-state index in [0.29, 0.717) is 17.9 Å². The van der Waals surface area contributed by atoms with E-state index in [1.165, 1.54) is 6.07 Å². The molecule has 29 heavy (non-hydrogen) atoms. The van der Waals surface area contributed by atoms with Crippen LogP contribution in [0.4, 0.5) is 8.78 Å². The molecule has 4 rings (SSSR count). The average molecular weight is 403 g/mol. The predicted molar refractivity (Wildman–Crippen MR) is 106 cm³/mol. The van der Waals surface area contributed by atoms with Gasteiger partial charge in [0.15, 0.2) is 5.75 Å². The van der Waals surface area contributed by atoms with E-state index in [9.17, 15) is 18.7 Å². The van der Waals surface area contributed by atoms with E-state index >= 15 is 0 Å². The number of hydrogen-bond acceptors (Lipinski definition) is 5. The fourth-order valence-corrected chi connectivity index (χ4v) is 3.78. The number of aromatic amines is 1. The van der Waals surface area contributed by atoms with E-state index in [1.54, 1.807) is 11.6 Å². The SMILES string of the molecule is Cc1nn(CCN2CCN(C)CC2)c2[nH]c(-c3c(F)cccc3F)c(O)c(=O)c12. The molecule has 2 aromatic heterocycles. The van der Waals surface area contributed by atoms with Crippen molar-refractivity contribution >= 4 is 11.0 Å². The van der Waals surface area contributed by atoms with Gasteiger partial charge in [0.05, 0.1) is 28.9 Å². The Hall–Kier alpha value is -2.78. The molecule has 0 spiro atoms. The van der Waals surface area contributed by atoms with Crippen LogP contribution in [0.15, 0.2) is 23.0 Å². The van der Waals surface area contributed by atoms with Crippen LogP contribution in [0.1, 0.15) is 5.69 Å². The molecule has 3 aromatic rings. The van der Waals surface area contributed by atoms with Gasteiger partial charge in [0.2, 0.25) is 5.43 Å². The van der Waals surface area contributed by atoms with Crippen LogP contribution in [-0.4, -0.2) is 69.4 Å². The van der Waals surface area contributed by atoms with Crippen molar-refractivity contribution in [2.24, 2.45) is 0 Å². The Bertz CT molecular complexity index is 1100. The number of aryl methyl sites for hydroxylation is 1. The van der Waals surface area contributed by atoms with E-state index in [2.05, 4.69) is 26.9 Å². The van der Waals surface area contributed by atoms with Gasteiger partial charge in [-0.3, -0.25) is 9.69 Å². The van der Waals surface area contributed by atoms with Gasteiger partial charge < -0.3 is 15.0 Å². The molecule has 0 aliphatic carbocycles. The topological polar surface area (TPSA) is 77.4 Å². The summed E-state index contributed by atoms with van der Waals surface area (Å²) < 4.78 is 30.2. The third-order valence-electron chi connectivity index (χ3n) is 5.49. The number of halogens is 2. The van der Waals surface area contributed by atoms with Gasteiger partial charge in [-0.05, 0) is 26.1 Å². The fraction of sp³-hybridized carbons (Fsp3) is 0.400. The summed E-state index contributed by atoms with van der Waals surface area (Å²) in [5.74, 6) is -2.45. The van der Waals surface area contributed by atoms with E-state index in [4.69, 9.17) is 0 Å². The smallest absolute Gasteiger partial charge is 0.235 e. The maximum Gasteiger partial charge on any atom is 0.235 e. The lowest BCUT2D eigenvalue weighted by Gasteiger charge is -2.32. The second-order valence-corrected chi connectivity index (χ2v) is 7.45. The number of H-pyrrole nitrogens is 1. The van der Waals surface area contributed by atoms with Gasteiger partial charge in [0.25, 0.3) is 0 Å². The highest BCUT2D eigenvalue weighted by Gasteiger charge is 2.23. The number of pyridine rings is 1. The van der Waals surface area contributed by atoms with E-state index in [-0.39, 0.29) is 11.1 Å². The second kappa shape index (κ2) is 7.57. The fourth-order valence-electron chi connectivity index (χ4n) is 3.78. The first-order valence-electron chi connectivity index (χ1n) is 9.54. The van der Waals surface area contributed by atoms with Crippen molar-refractivity contribution in [3.05, 3.63) is 45.8 Å². The quantitative estimate of drug-likeness (QED) is 0.696. The first-order chi connectivity index (χ1) is 13.9. The molecule has 1 aromatic carbocycles. The Kier molecular flexibility index (Phi) is 5.10. The number of aromatic hydroxyl groups is 1. The van der Waals surface area contributed by atoms with Gasteiger partial charge in [0, 0.05) is 32.7 Å². The third kappa shape index (κ3) is 3.51. The first-order valence-corrected chi connectivity index (χ1v) is 9.54. The van der Waals surface area contributed by atoms with Gasteiger partial charge in [-0.15, -0.1) is 0 Å². The molecule has 3 heterocycles. The first kappa shape index (κ1) is 19.5. The van der Waals surface area contributed by atoms with Crippen molar-refractivity contribution in [3.63, 3.8) is 0 Å². The zero-order valence-corrected chi connectivity index (χ0v) is 16.4.